The molecule has 1 amide bonds. The monoisotopic (exact) mass is 392 g/mol. The first kappa shape index (κ1) is 17.6. The van der Waals surface area contributed by atoms with E-state index in [1.807, 2.05) is 29.8 Å². The molecule has 2 saturated heterocycles. The summed E-state index contributed by atoms with van der Waals surface area (Å²) in [5.74, 6) is 0.280. The number of hydrogen-bond donors (Lipinski definition) is 0. The number of rotatable bonds is 4. The fourth-order valence-corrected chi connectivity index (χ4v) is 5.16. The molecule has 1 aromatic carbocycles. The topological polar surface area (TPSA) is 41.4 Å². The Morgan fingerprint density at radius 2 is 2.04 bits per heavy atom. The molecule has 5 nitrogen and oxygen atoms in total. The fraction of sp³-hybridized carbons (Fsp3) is 0.364. The number of piperazine rings is 1. The van der Waals surface area contributed by atoms with Gasteiger partial charge in [0.25, 0.3) is 0 Å². The second-order valence-electron chi connectivity index (χ2n) is 7.69. The van der Waals surface area contributed by atoms with Crippen molar-refractivity contribution in [3.05, 3.63) is 59.6 Å². The lowest BCUT2D eigenvalue weighted by molar-refractivity contribution is -0.143. The molecular formula is C22H24N4OS. The third-order valence-electron chi connectivity index (χ3n) is 5.95. The van der Waals surface area contributed by atoms with Crippen LogP contribution < -0.4 is 0 Å². The van der Waals surface area contributed by atoms with Crippen LogP contribution >= 0.6 is 11.3 Å². The first-order valence-corrected chi connectivity index (χ1v) is 10.8. The van der Waals surface area contributed by atoms with Crippen molar-refractivity contribution in [2.75, 3.05) is 13.1 Å². The molecule has 28 heavy (non-hydrogen) atoms. The molecule has 0 saturated carbocycles. The van der Waals surface area contributed by atoms with Crippen LogP contribution in [0.3, 0.4) is 0 Å². The quantitative estimate of drug-likeness (QED) is 0.678. The molecule has 4 heterocycles. The zero-order valence-corrected chi connectivity index (χ0v) is 16.8. The van der Waals surface area contributed by atoms with E-state index in [0.29, 0.717) is 6.04 Å². The van der Waals surface area contributed by atoms with Crippen LogP contribution in [0.1, 0.15) is 25.3 Å². The van der Waals surface area contributed by atoms with Gasteiger partial charge in [0.1, 0.15) is 5.69 Å². The molecule has 0 bridgehead atoms. The van der Waals surface area contributed by atoms with Gasteiger partial charge in [-0.15, -0.1) is 11.3 Å². The largest absolute Gasteiger partial charge is 0.337 e. The number of thiophene rings is 1. The molecular weight excluding hydrogens is 368 g/mol. The molecule has 0 unspecified atom stereocenters. The molecule has 144 valence electrons. The van der Waals surface area contributed by atoms with Gasteiger partial charge in [0, 0.05) is 37.4 Å². The molecule has 0 radical (unpaired) electrons. The van der Waals surface area contributed by atoms with E-state index in [1.165, 1.54) is 10.4 Å². The number of carbonyl (C=O) groups excluding carboxylic acids is 1. The van der Waals surface area contributed by atoms with E-state index in [-0.39, 0.29) is 11.9 Å². The van der Waals surface area contributed by atoms with Crippen molar-refractivity contribution in [3.63, 3.8) is 0 Å². The van der Waals surface area contributed by atoms with E-state index in [4.69, 9.17) is 5.10 Å². The van der Waals surface area contributed by atoms with Gasteiger partial charge in [-0.1, -0.05) is 24.3 Å². The normalized spacial score (nSPS) is 22.6. The van der Waals surface area contributed by atoms with Gasteiger partial charge in [-0.3, -0.25) is 9.69 Å². The zero-order chi connectivity index (χ0) is 19.1. The minimum atomic E-state index is -0.0781. The third kappa shape index (κ3) is 3.06. The van der Waals surface area contributed by atoms with E-state index in [2.05, 4.69) is 45.6 Å². The summed E-state index contributed by atoms with van der Waals surface area (Å²) in [5.41, 5.74) is 3.25. The van der Waals surface area contributed by atoms with Gasteiger partial charge >= 0.3 is 0 Å². The minimum absolute atomic E-state index is 0.0781. The van der Waals surface area contributed by atoms with Gasteiger partial charge in [0.2, 0.25) is 5.91 Å². The van der Waals surface area contributed by atoms with Crippen LogP contribution in [-0.2, 0) is 11.3 Å². The van der Waals surface area contributed by atoms with Crippen molar-refractivity contribution in [1.82, 2.24) is 19.6 Å². The maximum atomic E-state index is 12.8. The Morgan fingerprint density at radius 1 is 1.18 bits per heavy atom. The standard InChI is InChI=1S/C22H24N4OS/c1-16-22(27)25-11-5-9-19(25)15-24(16)13-17-14-26(18-7-3-2-4-8-18)23-21(17)20-10-6-12-28-20/h2-4,6-8,10,12,14,16,19H,5,9,11,13,15H2,1H3/t16-,19-/m0/s1. The summed E-state index contributed by atoms with van der Waals surface area (Å²) in [5, 5.41) is 6.99. The number of para-hydroxylation sites is 1. The highest BCUT2D eigenvalue weighted by Crippen LogP contribution is 2.31. The summed E-state index contributed by atoms with van der Waals surface area (Å²) in [7, 11) is 0. The number of hydrogen-bond acceptors (Lipinski definition) is 4. The molecule has 2 aromatic heterocycles. The Bertz CT molecular complexity index is 966. The number of nitrogens with zero attached hydrogens (tertiary/aromatic N) is 4. The van der Waals surface area contributed by atoms with Crippen molar-refractivity contribution >= 4 is 17.2 Å². The van der Waals surface area contributed by atoms with Gasteiger partial charge in [-0.05, 0) is 43.3 Å². The van der Waals surface area contributed by atoms with Crippen LogP contribution in [-0.4, -0.2) is 50.7 Å². The SMILES string of the molecule is C[C@H]1C(=O)N2CCC[C@H]2CN1Cc1cn(-c2ccccc2)nc1-c1cccs1. The number of benzene rings is 1. The number of carbonyl (C=O) groups is 1. The number of amides is 1. The van der Waals surface area contributed by atoms with Gasteiger partial charge in [-0.25, -0.2) is 4.68 Å². The molecule has 0 N–H and O–H groups in total. The van der Waals surface area contributed by atoms with Crippen LogP contribution in [0.2, 0.25) is 0 Å². The molecule has 2 atom stereocenters. The minimum Gasteiger partial charge on any atom is -0.337 e. The molecule has 2 aliphatic rings. The molecule has 6 heteroatoms. The average molecular weight is 393 g/mol. The molecule has 2 fully saturated rings. The first-order valence-electron chi connectivity index (χ1n) is 9.93. The van der Waals surface area contributed by atoms with Crippen LogP contribution in [0.4, 0.5) is 0 Å². The van der Waals surface area contributed by atoms with E-state index in [0.717, 1.165) is 43.9 Å². The third-order valence-corrected chi connectivity index (χ3v) is 6.83. The number of fused-ring (bicyclic) bond motifs is 1. The van der Waals surface area contributed by atoms with E-state index >= 15 is 0 Å². The Hall–Kier alpha value is -2.44. The molecule has 2 aliphatic heterocycles. The summed E-state index contributed by atoms with van der Waals surface area (Å²) in [6.45, 7) is 4.67. The summed E-state index contributed by atoms with van der Waals surface area (Å²) in [6, 6.07) is 14.7. The summed E-state index contributed by atoms with van der Waals surface area (Å²) < 4.78 is 1.96. The zero-order valence-electron chi connectivity index (χ0n) is 16.0. The predicted molar refractivity (Wildman–Crippen MR) is 111 cm³/mol. The van der Waals surface area contributed by atoms with Crippen LogP contribution in [0.5, 0.6) is 0 Å². The van der Waals surface area contributed by atoms with Gasteiger partial charge in [0.15, 0.2) is 0 Å². The molecule has 0 aliphatic carbocycles. The van der Waals surface area contributed by atoms with Crippen molar-refractivity contribution < 1.29 is 4.79 Å². The predicted octanol–water partition coefficient (Wildman–Crippen LogP) is 3.80. The lowest BCUT2D eigenvalue weighted by Gasteiger charge is -2.41. The lowest BCUT2D eigenvalue weighted by Crippen LogP contribution is -2.58. The van der Waals surface area contributed by atoms with Gasteiger partial charge < -0.3 is 4.90 Å². The summed E-state index contributed by atoms with van der Waals surface area (Å²) in [4.78, 5) is 18.4. The van der Waals surface area contributed by atoms with Gasteiger partial charge in [-0.2, -0.15) is 5.10 Å². The summed E-state index contributed by atoms with van der Waals surface area (Å²) in [6.07, 6.45) is 4.38. The maximum Gasteiger partial charge on any atom is 0.239 e. The number of aromatic nitrogens is 2. The van der Waals surface area contributed by atoms with Gasteiger partial charge in [0.05, 0.1) is 16.6 Å². The van der Waals surface area contributed by atoms with Crippen LogP contribution in [0.15, 0.2) is 54.0 Å². The highest BCUT2D eigenvalue weighted by molar-refractivity contribution is 7.13. The smallest absolute Gasteiger partial charge is 0.239 e. The van der Waals surface area contributed by atoms with Crippen LogP contribution in [0.25, 0.3) is 16.3 Å². The molecule has 0 spiro atoms. The molecule has 3 aromatic rings. The van der Waals surface area contributed by atoms with Crippen molar-refractivity contribution in [2.24, 2.45) is 0 Å². The Labute approximate surface area is 169 Å². The van der Waals surface area contributed by atoms with Crippen molar-refractivity contribution in [3.8, 4) is 16.3 Å². The Kier molecular flexibility index (Phi) is 4.53. The average Bonchev–Trinajstić information content (AvgIpc) is 3.46. The second-order valence-corrected chi connectivity index (χ2v) is 8.64. The lowest BCUT2D eigenvalue weighted by atomic mass is 10.1. The molecule has 5 rings (SSSR count). The van der Waals surface area contributed by atoms with E-state index in [9.17, 15) is 4.79 Å². The van der Waals surface area contributed by atoms with Crippen molar-refractivity contribution in [1.29, 1.82) is 0 Å². The maximum absolute atomic E-state index is 12.8. The van der Waals surface area contributed by atoms with Crippen molar-refractivity contribution in [2.45, 2.75) is 38.4 Å². The van der Waals surface area contributed by atoms with E-state index < -0.39 is 0 Å². The Balaban J connectivity index is 1.49. The Morgan fingerprint density at radius 3 is 2.82 bits per heavy atom. The highest BCUT2D eigenvalue weighted by Gasteiger charge is 2.40. The second kappa shape index (κ2) is 7.18. The first-order chi connectivity index (χ1) is 13.7. The van der Waals surface area contributed by atoms with E-state index in [1.54, 1.807) is 11.3 Å². The fourth-order valence-electron chi connectivity index (χ4n) is 4.42. The highest BCUT2D eigenvalue weighted by atomic mass is 32.1. The summed E-state index contributed by atoms with van der Waals surface area (Å²) >= 11 is 1.71. The van der Waals surface area contributed by atoms with Crippen LogP contribution in [0, 0.1) is 0 Å².